The molecule has 0 spiro atoms. The lowest BCUT2D eigenvalue weighted by Crippen LogP contribution is -2.27. The van der Waals surface area contributed by atoms with Crippen LogP contribution >= 0.6 is 31.9 Å². The minimum atomic E-state index is 0.722. The molecule has 0 saturated heterocycles. The molecule has 2 rings (SSSR count). The fourth-order valence-electron chi connectivity index (χ4n) is 2.40. The van der Waals surface area contributed by atoms with Crippen molar-refractivity contribution in [3.05, 3.63) is 32.7 Å². The van der Waals surface area contributed by atoms with Gasteiger partial charge in [-0.1, -0.05) is 31.7 Å². The van der Waals surface area contributed by atoms with Gasteiger partial charge in [-0.3, -0.25) is 0 Å². The molecule has 1 aliphatic carbocycles. The summed E-state index contributed by atoms with van der Waals surface area (Å²) >= 11 is 7.05. The van der Waals surface area contributed by atoms with Gasteiger partial charge in [0.25, 0.3) is 0 Å². The van der Waals surface area contributed by atoms with Crippen molar-refractivity contribution in [1.82, 2.24) is 5.32 Å². The summed E-state index contributed by atoms with van der Waals surface area (Å²) in [6.07, 6.45) is 8.31. The van der Waals surface area contributed by atoms with E-state index in [2.05, 4.69) is 55.4 Å². The Morgan fingerprint density at radius 3 is 2.35 bits per heavy atom. The summed E-state index contributed by atoms with van der Waals surface area (Å²) in [5.74, 6) is 0. The molecule has 1 fully saturated rings. The van der Waals surface area contributed by atoms with Crippen molar-refractivity contribution in [2.75, 3.05) is 0 Å². The van der Waals surface area contributed by atoms with Gasteiger partial charge in [-0.25, -0.2) is 0 Å². The van der Waals surface area contributed by atoms with E-state index in [4.69, 9.17) is 0 Å². The summed E-state index contributed by atoms with van der Waals surface area (Å²) in [5.41, 5.74) is 1.35. The van der Waals surface area contributed by atoms with Crippen molar-refractivity contribution < 1.29 is 0 Å². The molecule has 1 N–H and O–H groups in total. The predicted molar refractivity (Wildman–Crippen MR) is 80.2 cm³/mol. The molecule has 94 valence electrons. The fraction of sp³-hybridized carbons (Fsp3) is 0.571. The predicted octanol–water partition coefficient (Wildman–Crippen LogP) is 5.02. The zero-order valence-electron chi connectivity index (χ0n) is 10.0. The van der Waals surface area contributed by atoms with Crippen LogP contribution in [0.5, 0.6) is 0 Å². The summed E-state index contributed by atoms with van der Waals surface area (Å²) in [7, 11) is 0. The summed E-state index contributed by atoms with van der Waals surface area (Å²) < 4.78 is 2.26. The normalized spacial score (nSPS) is 18.0. The molecule has 1 saturated carbocycles. The van der Waals surface area contributed by atoms with Crippen LogP contribution in [0.15, 0.2) is 27.1 Å². The first-order chi connectivity index (χ1) is 8.25. The first-order valence-corrected chi connectivity index (χ1v) is 8.01. The number of hydrogen-bond donors (Lipinski definition) is 1. The molecule has 3 heteroatoms. The van der Waals surface area contributed by atoms with Gasteiger partial charge < -0.3 is 5.32 Å². The van der Waals surface area contributed by atoms with Crippen molar-refractivity contribution in [2.24, 2.45) is 0 Å². The average molecular weight is 361 g/mol. The van der Waals surface area contributed by atoms with E-state index in [1.807, 2.05) is 0 Å². The molecule has 0 radical (unpaired) electrons. The van der Waals surface area contributed by atoms with Crippen molar-refractivity contribution in [3.8, 4) is 0 Å². The molecule has 0 aromatic heterocycles. The maximum absolute atomic E-state index is 3.69. The Labute approximate surface area is 121 Å². The van der Waals surface area contributed by atoms with E-state index in [0.717, 1.165) is 21.5 Å². The van der Waals surface area contributed by atoms with E-state index >= 15 is 0 Å². The summed E-state index contributed by atoms with van der Waals surface area (Å²) in [5, 5.41) is 3.69. The summed E-state index contributed by atoms with van der Waals surface area (Å²) in [6.45, 7) is 0.983. The molecule has 0 unspecified atom stereocenters. The number of nitrogens with one attached hydrogen (secondary N) is 1. The minimum absolute atomic E-state index is 0.722. The van der Waals surface area contributed by atoms with Crippen LogP contribution in [0, 0.1) is 0 Å². The molecule has 0 aliphatic heterocycles. The van der Waals surface area contributed by atoms with Gasteiger partial charge in [0.15, 0.2) is 0 Å². The van der Waals surface area contributed by atoms with Gasteiger partial charge in [0.05, 0.1) is 0 Å². The molecule has 0 bridgehead atoms. The van der Waals surface area contributed by atoms with Gasteiger partial charge in [0.1, 0.15) is 0 Å². The zero-order chi connectivity index (χ0) is 12.1. The molecule has 0 atom stereocenters. The monoisotopic (exact) mass is 359 g/mol. The maximum Gasteiger partial charge on any atom is 0.0320 e. The van der Waals surface area contributed by atoms with Gasteiger partial charge in [0, 0.05) is 21.5 Å². The van der Waals surface area contributed by atoms with Crippen LogP contribution in [0.4, 0.5) is 0 Å². The summed E-state index contributed by atoms with van der Waals surface area (Å²) in [6, 6.07) is 7.19. The fourth-order valence-corrected chi connectivity index (χ4v) is 3.07. The summed E-state index contributed by atoms with van der Waals surface area (Å²) in [4.78, 5) is 0. The van der Waals surface area contributed by atoms with Crippen LogP contribution < -0.4 is 5.32 Å². The smallest absolute Gasteiger partial charge is 0.0320 e. The first kappa shape index (κ1) is 13.6. The lowest BCUT2D eigenvalue weighted by atomic mass is 10.1. The van der Waals surface area contributed by atoms with E-state index in [0.29, 0.717) is 0 Å². The topological polar surface area (TPSA) is 12.0 Å². The molecule has 0 heterocycles. The van der Waals surface area contributed by atoms with Crippen LogP contribution in [0.1, 0.15) is 44.1 Å². The molecular weight excluding hydrogens is 342 g/mol. The highest BCUT2D eigenvalue weighted by atomic mass is 79.9. The Morgan fingerprint density at radius 2 is 1.71 bits per heavy atom. The lowest BCUT2D eigenvalue weighted by molar-refractivity contribution is 0.459. The van der Waals surface area contributed by atoms with E-state index < -0.39 is 0 Å². The van der Waals surface area contributed by atoms with Crippen LogP contribution in [-0.2, 0) is 6.54 Å². The highest BCUT2D eigenvalue weighted by Crippen LogP contribution is 2.24. The number of hydrogen-bond acceptors (Lipinski definition) is 1. The number of rotatable bonds is 3. The molecule has 0 amide bonds. The van der Waals surface area contributed by atoms with Crippen LogP contribution in [0.3, 0.4) is 0 Å². The van der Waals surface area contributed by atoms with E-state index in [1.165, 1.54) is 44.1 Å². The molecule has 17 heavy (non-hydrogen) atoms. The lowest BCUT2D eigenvalue weighted by Gasteiger charge is -2.16. The Bertz CT molecular complexity index is 357. The van der Waals surface area contributed by atoms with Crippen molar-refractivity contribution in [1.29, 1.82) is 0 Å². The van der Waals surface area contributed by atoms with Crippen molar-refractivity contribution >= 4 is 31.9 Å². The van der Waals surface area contributed by atoms with E-state index in [-0.39, 0.29) is 0 Å². The largest absolute Gasteiger partial charge is 0.310 e. The van der Waals surface area contributed by atoms with Gasteiger partial charge in [-0.05, 0) is 62.4 Å². The second-order valence-electron chi connectivity index (χ2n) is 4.82. The second-order valence-corrected chi connectivity index (χ2v) is 6.53. The van der Waals surface area contributed by atoms with Gasteiger partial charge in [-0.15, -0.1) is 0 Å². The molecule has 1 aromatic carbocycles. The van der Waals surface area contributed by atoms with Gasteiger partial charge >= 0.3 is 0 Å². The Balaban J connectivity index is 1.85. The quantitative estimate of drug-likeness (QED) is 0.746. The maximum atomic E-state index is 3.69. The minimum Gasteiger partial charge on any atom is -0.310 e. The van der Waals surface area contributed by atoms with Gasteiger partial charge in [-0.2, -0.15) is 0 Å². The number of benzene rings is 1. The van der Waals surface area contributed by atoms with Crippen LogP contribution in [-0.4, -0.2) is 6.04 Å². The molecular formula is C14H19Br2N. The number of halogens is 2. The SMILES string of the molecule is Brc1ccc(CNC2CCCCCC2)cc1Br. The van der Waals surface area contributed by atoms with Gasteiger partial charge in [0.2, 0.25) is 0 Å². The van der Waals surface area contributed by atoms with Crippen LogP contribution in [0.2, 0.25) is 0 Å². The zero-order valence-corrected chi connectivity index (χ0v) is 13.2. The highest BCUT2D eigenvalue weighted by Gasteiger charge is 2.11. The Morgan fingerprint density at radius 1 is 1.00 bits per heavy atom. The third-order valence-electron chi connectivity index (χ3n) is 3.43. The van der Waals surface area contributed by atoms with E-state index in [1.54, 1.807) is 0 Å². The molecule has 1 nitrogen and oxygen atoms in total. The molecule has 1 aromatic rings. The first-order valence-electron chi connectivity index (χ1n) is 6.43. The average Bonchev–Trinajstić information content (AvgIpc) is 2.59. The third-order valence-corrected chi connectivity index (χ3v) is 5.31. The van der Waals surface area contributed by atoms with Crippen LogP contribution in [0.25, 0.3) is 0 Å². The Kier molecular flexibility index (Phi) is 5.51. The molecule has 1 aliphatic rings. The van der Waals surface area contributed by atoms with Crippen molar-refractivity contribution in [3.63, 3.8) is 0 Å². The highest BCUT2D eigenvalue weighted by molar-refractivity contribution is 9.13. The Hall–Kier alpha value is 0.140. The third kappa shape index (κ3) is 4.38. The standard InChI is InChI=1S/C14H19Br2N/c15-13-8-7-11(9-14(13)16)10-17-12-5-3-1-2-4-6-12/h7-9,12,17H,1-6,10H2. The van der Waals surface area contributed by atoms with Crippen molar-refractivity contribution in [2.45, 2.75) is 51.1 Å². The van der Waals surface area contributed by atoms with E-state index in [9.17, 15) is 0 Å². The second kappa shape index (κ2) is 6.91.